The highest BCUT2D eigenvalue weighted by Crippen LogP contribution is 2.45. The normalized spacial score (nSPS) is 14.5. The number of ether oxygens (including phenoxy) is 1. The van der Waals surface area contributed by atoms with Crippen LogP contribution in [-0.4, -0.2) is 35.1 Å². The minimum absolute atomic E-state index is 0.325. The Labute approximate surface area is 228 Å². The van der Waals surface area contributed by atoms with E-state index in [1.54, 1.807) is 27.7 Å². The Morgan fingerprint density at radius 3 is 1.84 bits per heavy atom. The molecule has 0 aliphatic heterocycles. The molecule has 0 heterocycles. The summed E-state index contributed by atoms with van der Waals surface area (Å²) >= 11 is 0. The Morgan fingerprint density at radius 2 is 1.47 bits per heavy atom. The average Bonchev–Trinajstić information content (AvgIpc) is 3.66. The van der Waals surface area contributed by atoms with Crippen molar-refractivity contribution in [2.24, 2.45) is 11.8 Å². The lowest BCUT2D eigenvalue weighted by Crippen LogP contribution is -2.34. The molecule has 4 rings (SSSR count). The minimum Gasteiger partial charge on any atom is -0.481 e. The molecular weight excluding hydrogens is 478 g/mol. The summed E-state index contributed by atoms with van der Waals surface area (Å²) in [6, 6.07) is 17.6. The zero-order chi connectivity index (χ0) is 28.3. The van der Waals surface area contributed by atoms with E-state index in [0.717, 1.165) is 19.3 Å². The Hall–Kier alpha value is -3.15. The number of benzene rings is 2. The van der Waals surface area contributed by atoms with Crippen LogP contribution in [0.15, 0.2) is 48.5 Å². The number of aliphatic carboxylic acids is 1. The number of alkyl carbamates (subject to hydrolysis) is 1. The van der Waals surface area contributed by atoms with Crippen molar-refractivity contribution in [1.82, 2.24) is 5.32 Å². The van der Waals surface area contributed by atoms with Crippen molar-refractivity contribution in [3.05, 3.63) is 59.7 Å². The Morgan fingerprint density at radius 1 is 0.947 bits per heavy atom. The van der Waals surface area contributed by atoms with Crippen molar-refractivity contribution in [3.8, 4) is 11.1 Å². The van der Waals surface area contributed by atoms with E-state index in [2.05, 4.69) is 60.8 Å². The maximum absolute atomic E-state index is 11.3. The van der Waals surface area contributed by atoms with Crippen LogP contribution in [0.5, 0.6) is 0 Å². The number of fused-ring (bicyclic) bond motifs is 3. The Balaban J connectivity index is 0.000000220. The van der Waals surface area contributed by atoms with Crippen LogP contribution < -0.4 is 5.32 Å². The summed E-state index contributed by atoms with van der Waals surface area (Å²) in [5, 5.41) is 11.5. The molecule has 6 nitrogen and oxygen atoms in total. The Bertz CT molecular complexity index is 1020. The van der Waals surface area contributed by atoms with Crippen LogP contribution in [0, 0.1) is 11.8 Å². The first kappa shape index (κ1) is 31.1. The highest BCUT2D eigenvalue weighted by molar-refractivity contribution is 5.80. The fraction of sp³-hybridized carbons (Fsp3) is 0.531. The van der Waals surface area contributed by atoms with Crippen LogP contribution in [-0.2, 0) is 14.3 Å². The van der Waals surface area contributed by atoms with Gasteiger partial charge in [0.05, 0.1) is 5.92 Å². The van der Waals surface area contributed by atoms with E-state index >= 15 is 0 Å². The van der Waals surface area contributed by atoms with Gasteiger partial charge in [0.25, 0.3) is 0 Å². The second kappa shape index (κ2) is 14.7. The highest BCUT2D eigenvalue weighted by Gasteiger charge is 2.26. The van der Waals surface area contributed by atoms with Gasteiger partial charge in [-0.2, -0.15) is 0 Å². The molecule has 1 unspecified atom stereocenters. The third kappa shape index (κ3) is 9.96. The van der Waals surface area contributed by atoms with Crippen LogP contribution in [0.1, 0.15) is 97.1 Å². The monoisotopic (exact) mass is 523 g/mol. The van der Waals surface area contributed by atoms with Gasteiger partial charge >= 0.3 is 12.1 Å². The number of hydrogen-bond donors (Lipinski definition) is 2. The molecule has 2 aromatic rings. The third-order valence-electron chi connectivity index (χ3n) is 6.67. The average molecular weight is 524 g/mol. The molecule has 0 spiro atoms. The molecular formula is C32H45NO5. The van der Waals surface area contributed by atoms with Crippen LogP contribution in [0.4, 0.5) is 4.79 Å². The van der Waals surface area contributed by atoms with Crippen LogP contribution in [0.25, 0.3) is 11.1 Å². The molecule has 2 N–H and O–H groups in total. The number of rotatable bonds is 8. The van der Waals surface area contributed by atoms with E-state index in [1.807, 2.05) is 6.92 Å². The second-order valence-electron chi connectivity index (χ2n) is 11.1. The van der Waals surface area contributed by atoms with Crippen LogP contribution in [0.3, 0.4) is 0 Å². The maximum Gasteiger partial charge on any atom is 0.407 e. The molecule has 1 fully saturated rings. The van der Waals surface area contributed by atoms with Gasteiger partial charge in [0.2, 0.25) is 0 Å². The first-order chi connectivity index (χ1) is 18.0. The number of amides is 1. The molecule has 0 bridgehead atoms. The first-order valence-corrected chi connectivity index (χ1v) is 13.9. The van der Waals surface area contributed by atoms with Gasteiger partial charge in [0.15, 0.2) is 0 Å². The molecule has 1 atom stereocenters. The molecule has 1 saturated carbocycles. The SMILES string of the molecule is CC(=O)C1CC1.CCC1c2ccccc2-c2ccccc21.CCCC(CCNC(=O)OC(C)(C)C)C(=O)O. The number of carboxylic acids is 1. The number of Topliss-reactive ketones (excluding diaryl/α,β-unsaturated/α-hetero) is 1. The van der Waals surface area contributed by atoms with E-state index in [4.69, 9.17) is 9.84 Å². The molecule has 38 heavy (non-hydrogen) atoms. The zero-order valence-electron chi connectivity index (χ0n) is 23.9. The zero-order valence-corrected chi connectivity index (χ0v) is 23.9. The standard InChI is InChI=1S/C15H14.C12H23NO4.C5H8O/c1-2-11-12-7-3-5-9-14(12)15-10-6-4-8-13(11)15;1-5-6-9(10(14)15)7-8-13-11(16)17-12(2,3)4;1-4(6)5-2-3-5/h3-11H,2H2,1H3;9H,5-8H2,1-4H3,(H,13,16)(H,14,15);5H,2-3H2,1H3. The van der Waals surface area contributed by atoms with E-state index in [1.165, 1.54) is 28.7 Å². The summed E-state index contributed by atoms with van der Waals surface area (Å²) < 4.78 is 5.04. The minimum atomic E-state index is -0.808. The number of carbonyl (C=O) groups excluding carboxylic acids is 2. The van der Waals surface area contributed by atoms with Crippen LogP contribution in [0.2, 0.25) is 0 Å². The summed E-state index contributed by atoms with van der Waals surface area (Å²) in [5.74, 6) is 0.241. The molecule has 2 aliphatic carbocycles. The summed E-state index contributed by atoms with van der Waals surface area (Å²) in [6.45, 7) is 11.5. The smallest absolute Gasteiger partial charge is 0.407 e. The second-order valence-corrected chi connectivity index (χ2v) is 11.1. The van der Waals surface area contributed by atoms with Crippen molar-refractivity contribution >= 4 is 17.8 Å². The van der Waals surface area contributed by atoms with E-state index in [9.17, 15) is 14.4 Å². The molecule has 2 aromatic carbocycles. The lowest BCUT2D eigenvalue weighted by atomic mass is 9.95. The molecule has 0 aromatic heterocycles. The fourth-order valence-corrected chi connectivity index (χ4v) is 4.59. The van der Waals surface area contributed by atoms with E-state index in [0.29, 0.717) is 37.0 Å². The molecule has 6 heteroatoms. The van der Waals surface area contributed by atoms with E-state index in [-0.39, 0.29) is 0 Å². The largest absolute Gasteiger partial charge is 0.481 e. The van der Waals surface area contributed by atoms with Gasteiger partial charge in [0, 0.05) is 18.4 Å². The summed E-state index contributed by atoms with van der Waals surface area (Å²) in [6.07, 6.45) is 4.87. The quantitative estimate of drug-likeness (QED) is 0.372. The fourth-order valence-electron chi connectivity index (χ4n) is 4.59. The molecule has 2 aliphatic rings. The van der Waals surface area contributed by atoms with Gasteiger partial charge in [-0.1, -0.05) is 68.8 Å². The Kier molecular flexibility index (Phi) is 12.0. The number of carboxylic acid groups (broad SMARTS) is 1. The lowest BCUT2D eigenvalue weighted by molar-refractivity contribution is -0.142. The number of nitrogens with one attached hydrogen (secondary N) is 1. The van der Waals surface area contributed by atoms with Gasteiger partial charge in [-0.25, -0.2) is 4.79 Å². The first-order valence-electron chi connectivity index (χ1n) is 13.9. The maximum atomic E-state index is 11.3. The molecule has 208 valence electrons. The topological polar surface area (TPSA) is 92.7 Å². The third-order valence-corrected chi connectivity index (χ3v) is 6.67. The van der Waals surface area contributed by atoms with Crippen molar-refractivity contribution in [3.63, 3.8) is 0 Å². The van der Waals surface area contributed by atoms with Crippen molar-refractivity contribution in [2.45, 2.75) is 91.6 Å². The molecule has 0 saturated heterocycles. The number of hydrogen-bond acceptors (Lipinski definition) is 4. The van der Waals surface area contributed by atoms with Crippen LogP contribution >= 0.6 is 0 Å². The predicted octanol–water partition coefficient (Wildman–Crippen LogP) is 7.60. The lowest BCUT2D eigenvalue weighted by Gasteiger charge is -2.20. The summed E-state index contributed by atoms with van der Waals surface area (Å²) in [7, 11) is 0. The molecule has 1 amide bonds. The summed E-state index contributed by atoms with van der Waals surface area (Å²) in [5.41, 5.74) is 5.34. The van der Waals surface area contributed by atoms with Gasteiger partial charge in [-0.3, -0.25) is 9.59 Å². The van der Waals surface area contributed by atoms with Gasteiger partial charge < -0.3 is 15.2 Å². The van der Waals surface area contributed by atoms with Gasteiger partial charge in [-0.05, 0) is 82.1 Å². The van der Waals surface area contributed by atoms with Crippen molar-refractivity contribution in [1.29, 1.82) is 0 Å². The molecule has 0 radical (unpaired) electrons. The highest BCUT2D eigenvalue weighted by atomic mass is 16.6. The van der Waals surface area contributed by atoms with Gasteiger partial charge in [-0.15, -0.1) is 0 Å². The number of carbonyl (C=O) groups is 3. The van der Waals surface area contributed by atoms with E-state index < -0.39 is 23.6 Å². The van der Waals surface area contributed by atoms with Crippen molar-refractivity contribution < 1.29 is 24.2 Å². The number of ketones is 1. The predicted molar refractivity (Wildman–Crippen MR) is 152 cm³/mol. The van der Waals surface area contributed by atoms with Crippen molar-refractivity contribution in [2.75, 3.05) is 6.54 Å². The summed E-state index contributed by atoms with van der Waals surface area (Å²) in [4.78, 5) is 32.3. The van der Waals surface area contributed by atoms with Gasteiger partial charge in [0.1, 0.15) is 11.4 Å².